The fourth-order valence-corrected chi connectivity index (χ4v) is 4.09. The molecule has 0 aromatic carbocycles. The van der Waals surface area contributed by atoms with Crippen LogP contribution in [0.4, 0.5) is 0 Å². The number of thiophene rings is 1. The molecule has 0 aliphatic carbocycles. The highest BCUT2D eigenvalue weighted by molar-refractivity contribution is 7.11. The molecule has 132 valence electrons. The highest BCUT2D eigenvalue weighted by atomic mass is 32.1. The minimum atomic E-state index is -0.804. The molecule has 0 atom stereocenters. The Balaban J connectivity index is 1.74. The Kier molecular flexibility index (Phi) is 5.56. The van der Waals surface area contributed by atoms with E-state index in [1.807, 2.05) is 12.1 Å². The van der Waals surface area contributed by atoms with Gasteiger partial charge in [0.05, 0.1) is 6.26 Å². The van der Waals surface area contributed by atoms with E-state index < -0.39 is 5.97 Å². The van der Waals surface area contributed by atoms with Crippen LogP contribution >= 0.6 is 11.3 Å². The highest BCUT2D eigenvalue weighted by Gasteiger charge is 2.18. The van der Waals surface area contributed by atoms with Crippen molar-refractivity contribution in [1.82, 2.24) is 4.90 Å². The van der Waals surface area contributed by atoms with Gasteiger partial charge >= 0.3 is 5.97 Å². The lowest BCUT2D eigenvalue weighted by Crippen LogP contribution is -2.32. The van der Waals surface area contributed by atoms with Crippen molar-refractivity contribution < 1.29 is 14.3 Å². The van der Waals surface area contributed by atoms with Gasteiger partial charge < -0.3 is 9.52 Å². The Hall–Kier alpha value is -2.11. The summed E-state index contributed by atoms with van der Waals surface area (Å²) in [7, 11) is 0. The number of carbonyl (C=O) groups is 1. The number of furan rings is 1. The van der Waals surface area contributed by atoms with E-state index in [1.54, 1.807) is 17.6 Å². The number of aliphatic carboxylic acids is 1. The van der Waals surface area contributed by atoms with Crippen molar-refractivity contribution in [2.75, 3.05) is 19.6 Å². The average molecular weight is 357 g/mol. The molecule has 3 heterocycles. The highest BCUT2D eigenvalue weighted by Crippen LogP contribution is 2.33. The summed E-state index contributed by atoms with van der Waals surface area (Å²) in [6.07, 6.45) is 7.46. The molecule has 0 fully saturated rings. The molecule has 0 saturated carbocycles. The molecule has 2 aromatic heterocycles. The Morgan fingerprint density at radius 3 is 2.84 bits per heavy atom. The second-order valence-corrected chi connectivity index (χ2v) is 7.29. The van der Waals surface area contributed by atoms with Crippen molar-refractivity contribution in [3.63, 3.8) is 0 Å². The topological polar surface area (TPSA) is 53.7 Å². The third kappa shape index (κ3) is 4.11. The van der Waals surface area contributed by atoms with Gasteiger partial charge in [0.15, 0.2) is 0 Å². The minimum Gasteiger partial charge on any atom is -0.478 e. The van der Waals surface area contributed by atoms with Crippen LogP contribution in [0, 0.1) is 13.8 Å². The van der Waals surface area contributed by atoms with Gasteiger partial charge in [0.25, 0.3) is 0 Å². The largest absolute Gasteiger partial charge is 0.478 e. The Labute approximate surface area is 152 Å². The van der Waals surface area contributed by atoms with Gasteiger partial charge in [-0.1, -0.05) is 12.2 Å². The first-order valence-corrected chi connectivity index (χ1v) is 9.38. The van der Waals surface area contributed by atoms with Crippen LogP contribution in [0.25, 0.3) is 5.57 Å². The van der Waals surface area contributed by atoms with E-state index in [4.69, 9.17) is 9.52 Å². The number of nitrogens with zero attached hydrogens (tertiary/aromatic N) is 1. The minimum absolute atomic E-state index is 0.506. The fourth-order valence-electron chi connectivity index (χ4n) is 3.13. The third-order valence-corrected chi connectivity index (χ3v) is 5.56. The Bertz CT molecular complexity index is 770. The molecule has 2 aromatic rings. The summed E-state index contributed by atoms with van der Waals surface area (Å²) < 4.78 is 5.73. The summed E-state index contributed by atoms with van der Waals surface area (Å²) in [5.74, 6) is 0.122. The maximum atomic E-state index is 11.1. The lowest BCUT2D eigenvalue weighted by Gasteiger charge is -2.25. The zero-order valence-corrected chi connectivity index (χ0v) is 15.4. The van der Waals surface area contributed by atoms with Crippen LogP contribution in [0.15, 0.2) is 45.9 Å². The van der Waals surface area contributed by atoms with Gasteiger partial charge in [-0.15, -0.1) is 11.3 Å². The molecule has 4 nitrogen and oxygen atoms in total. The van der Waals surface area contributed by atoms with E-state index in [1.165, 1.54) is 10.4 Å². The van der Waals surface area contributed by atoms with Gasteiger partial charge in [0.2, 0.25) is 0 Å². The van der Waals surface area contributed by atoms with Crippen LogP contribution in [-0.4, -0.2) is 35.6 Å². The predicted octanol–water partition coefficient (Wildman–Crippen LogP) is 4.50. The molecule has 5 heteroatoms. The van der Waals surface area contributed by atoms with E-state index in [-0.39, 0.29) is 0 Å². The zero-order chi connectivity index (χ0) is 17.8. The monoisotopic (exact) mass is 357 g/mol. The second kappa shape index (κ2) is 7.85. The summed E-state index contributed by atoms with van der Waals surface area (Å²) in [4.78, 5) is 14.6. The standard InChI is InChI=1S/C20H23NO3S/c1-14-7-11-24-18(14)17(19-15(2)8-12-25-19)6-4-10-21-9-3-5-16(13-21)20(22)23/h5-8,11-12H,3-4,9-10,13H2,1-2H3,(H,22,23). The molecule has 0 radical (unpaired) electrons. The first-order valence-electron chi connectivity index (χ1n) is 8.50. The molecule has 1 aliphatic rings. The van der Waals surface area contributed by atoms with Crippen LogP contribution in [-0.2, 0) is 4.79 Å². The first-order chi connectivity index (χ1) is 12.1. The molecule has 0 saturated heterocycles. The van der Waals surface area contributed by atoms with Gasteiger partial charge in [-0.05, 0) is 55.3 Å². The Morgan fingerprint density at radius 1 is 1.36 bits per heavy atom. The molecule has 25 heavy (non-hydrogen) atoms. The molecule has 0 unspecified atom stereocenters. The van der Waals surface area contributed by atoms with Gasteiger partial charge in [-0.25, -0.2) is 4.79 Å². The second-order valence-electron chi connectivity index (χ2n) is 6.37. The van der Waals surface area contributed by atoms with E-state index in [0.717, 1.165) is 42.8 Å². The van der Waals surface area contributed by atoms with Crippen molar-refractivity contribution in [2.24, 2.45) is 0 Å². The fraction of sp³-hybridized carbons (Fsp3) is 0.350. The van der Waals surface area contributed by atoms with E-state index in [2.05, 4.69) is 36.3 Å². The lowest BCUT2D eigenvalue weighted by molar-refractivity contribution is -0.133. The van der Waals surface area contributed by atoms with Crippen LogP contribution < -0.4 is 0 Å². The molecule has 3 rings (SSSR count). The molecule has 0 bridgehead atoms. The van der Waals surface area contributed by atoms with E-state index in [9.17, 15) is 4.79 Å². The van der Waals surface area contributed by atoms with Crippen molar-refractivity contribution in [1.29, 1.82) is 0 Å². The predicted molar refractivity (Wildman–Crippen MR) is 101 cm³/mol. The SMILES string of the molecule is Cc1ccoc1C(=CCCN1CCC=C(C(=O)O)C1)c1sccc1C. The van der Waals surface area contributed by atoms with Crippen molar-refractivity contribution in [3.8, 4) is 0 Å². The molecule has 1 N–H and O–H groups in total. The Morgan fingerprint density at radius 2 is 2.20 bits per heavy atom. The number of carboxylic acid groups (broad SMARTS) is 1. The van der Waals surface area contributed by atoms with Crippen LogP contribution in [0.2, 0.25) is 0 Å². The quantitative estimate of drug-likeness (QED) is 0.827. The lowest BCUT2D eigenvalue weighted by atomic mass is 10.0. The van der Waals surface area contributed by atoms with Crippen LogP contribution in [0.1, 0.15) is 34.6 Å². The molecular formula is C20H23NO3S. The van der Waals surface area contributed by atoms with Crippen molar-refractivity contribution in [2.45, 2.75) is 26.7 Å². The van der Waals surface area contributed by atoms with Crippen LogP contribution in [0.3, 0.4) is 0 Å². The molecular weight excluding hydrogens is 334 g/mol. The van der Waals surface area contributed by atoms with Gasteiger partial charge in [0.1, 0.15) is 5.76 Å². The van der Waals surface area contributed by atoms with Gasteiger partial charge in [0, 0.05) is 35.7 Å². The van der Waals surface area contributed by atoms with Gasteiger partial charge in [-0.2, -0.15) is 0 Å². The number of carboxylic acids is 1. The van der Waals surface area contributed by atoms with Crippen molar-refractivity contribution in [3.05, 3.63) is 63.3 Å². The summed E-state index contributed by atoms with van der Waals surface area (Å²) in [5, 5.41) is 11.3. The molecule has 1 aliphatic heterocycles. The maximum Gasteiger partial charge on any atom is 0.332 e. The van der Waals surface area contributed by atoms with Crippen molar-refractivity contribution >= 4 is 22.9 Å². The summed E-state index contributed by atoms with van der Waals surface area (Å²) in [5.41, 5.74) is 4.03. The first kappa shape index (κ1) is 17.7. The summed E-state index contributed by atoms with van der Waals surface area (Å²) in [6.45, 7) is 6.46. The smallest absolute Gasteiger partial charge is 0.332 e. The summed E-state index contributed by atoms with van der Waals surface area (Å²) >= 11 is 1.73. The number of hydrogen-bond acceptors (Lipinski definition) is 4. The number of hydrogen-bond donors (Lipinski definition) is 1. The molecule has 0 amide bonds. The summed E-state index contributed by atoms with van der Waals surface area (Å²) in [6, 6.07) is 4.11. The van der Waals surface area contributed by atoms with E-state index >= 15 is 0 Å². The average Bonchev–Trinajstić information content (AvgIpc) is 3.21. The molecule has 0 spiro atoms. The van der Waals surface area contributed by atoms with Crippen LogP contribution in [0.5, 0.6) is 0 Å². The maximum absolute atomic E-state index is 11.1. The normalized spacial score (nSPS) is 16.1. The van der Waals surface area contributed by atoms with E-state index in [0.29, 0.717) is 12.1 Å². The number of aryl methyl sites for hydroxylation is 2. The van der Waals surface area contributed by atoms with Gasteiger partial charge in [-0.3, -0.25) is 4.90 Å². The number of rotatable bonds is 6. The third-order valence-electron chi connectivity index (χ3n) is 4.51. The zero-order valence-electron chi connectivity index (χ0n) is 14.6.